The Morgan fingerprint density at radius 2 is 1.00 bits per heavy atom. The van der Waals surface area contributed by atoms with Crippen LogP contribution in [0.4, 0.5) is 17.1 Å². The number of hydrogen-bond donors (Lipinski definition) is 2. The Morgan fingerprint density at radius 3 is 1.41 bits per heavy atom. The highest BCUT2D eigenvalue weighted by Gasteiger charge is 2.21. The predicted octanol–water partition coefficient (Wildman–Crippen LogP) is 10.4. The molecule has 0 aliphatic heterocycles. The third-order valence-electron chi connectivity index (χ3n) is 9.14. The van der Waals surface area contributed by atoms with Crippen LogP contribution in [-0.4, -0.2) is 26.2 Å². The van der Waals surface area contributed by atoms with Crippen molar-refractivity contribution in [3.63, 3.8) is 0 Å². The van der Waals surface area contributed by atoms with E-state index in [1.54, 1.807) is 0 Å². The Labute approximate surface area is 277 Å². The van der Waals surface area contributed by atoms with Crippen molar-refractivity contribution in [3.8, 4) is 0 Å². The van der Waals surface area contributed by atoms with Gasteiger partial charge in [0.25, 0.3) is 0 Å². The third kappa shape index (κ3) is 8.81. The second-order valence-electron chi connectivity index (χ2n) is 12.4. The van der Waals surface area contributed by atoms with E-state index >= 15 is 0 Å². The topological polar surface area (TPSA) is 27.3 Å². The molecule has 0 bridgehead atoms. The lowest BCUT2D eigenvalue weighted by Gasteiger charge is -2.26. The van der Waals surface area contributed by atoms with Gasteiger partial charge < -0.3 is 15.5 Å². The van der Waals surface area contributed by atoms with Gasteiger partial charge in [-0.1, -0.05) is 84.9 Å². The van der Waals surface area contributed by atoms with Gasteiger partial charge in [-0.05, 0) is 129 Å². The van der Waals surface area contributed by atoms with Gasteiger partial charge >= 0.3 is 0 Å². The first-order chi connectivity index (χ1) is 22.6. The minimum Gasteiger partial charge on any atom is -0.385 e. The van der Waals surface area contributed by atoms with Crippen LogP contribution in [0.25, 0.3) is 0 Å². The van der Waals surface area contributed by atoms with E-state index in [0.29, 0.717) is 0 Å². The lowest BCUT2D eigenvalue weighted by atomic mass is 9.81. The fourth-order valence-electron chi connectivity index (χ4n) is 6.55. The molecule has 3 nitrogen and oxygen atoms in total. The first kappa shape index (κ1) is 32.9. The molecule has 0 amide bonds. The molecule has 0 saturated carbocycles. The molecular formula is C43H51N3. The van der Waals surface area contributed by atoms with Crippen LogP contribution in [0.1, 0.15) is 71.6 Å². The van der Waals surface area contributed by atoms with Gasteiger partial charge in [0.15, 0.2) is 0 Å². The summed E-state index contributed by atoms with van der Waals surface area (Å²) in [5.74, 6) is 0.157. The van der Waals surface area contributed by atoms with Crippen molar-refractivity contribution in [3.05, 3.63) is 160 Å². The Kier molecular flexibility index (Phi) is 11.9. The molecule has 3 heteroatoms. The van der Waals surface area contributed by atoms with E-state index in [1.165, 1.54) is 56.0 Å². The lowest BCUT2D eigenvalue weighted by molar-refractivity contribution is 0.861. The number of anilines is 3. The van der Waals surface area contributed by atoms with E-state index < -0.39 is 0 Å². The van der Waals surface area contributed by atoms with Crippen LogP contribution < -0.4 is 15.5 Å². The van der Waals surface area contributed by atoms with Crippen molar-refractivity contribution in [2.24, 2.45) is 0 Å². The van der Waals surface area contributed by atoms with Crippen molar-refractivity contribution in [2.75, 3.05) is 41.7 Å². The largest absolute Gasteiger partial charge is 0.385 e. The molecule has 5 aromatic rings. The Bertz CT molecular complexity index is 1530. The normalized spacial score (nSPS) is 11.1. The summed E-state index contributed by atoms with van der Waals surface area (Å²) in [5, 5.41) is 7.35. The van der Waals surface area contributed by atoms with E-state index in [9.17, 15) is 0 Å². The first-order valence-electron chi connectivity index (χ1n) is 17.2. The molecule has 0 unspecified atom stereocenters. The van der Waals surface area contributed by atoms with Gasteiger partial charge in [0.05, 0.1) is 0 Å². The summed E-state index contributed by atoms with van der Waals surface area (Å²) in [6.07, 6.45) is 4.40. The standard InChI is InChI=1S/C43H51N3/c1-5-46(6-2)40-25-21-37(22-26-40)43(41-27-23-38(31-33(41)3)44-29-13-19-35-15-9-7-10-16-35)42-28-24-39(32-34(42)4)45-30-14-20-36-17-11-8-12-18-36/h7-12,15-18,21-28,31-32,43-45H,5-6,13-14,19-20,29-30H2,1-4H3. The average Bonchev–Trinajstić information content (AvgIpc) is 3.09. The van der Waals surface area contributed by atoms with E-state index in [4.69, 9.17) is 0 Å². The Hall–Kier alpha value is -4.50. The fraction of sp³-hybridized carbons (Fsp3) is 0.302. The zero-order chi connectivity index (χ0) is 32.1. The number of benzene rings is 5. The fourth-order valence-corrected chi connectivity index (χ4v) is 6.55. The van der Waals surface area contributed by atoms with Gasteiger partial charge in [-0.2, -0.15) is 0 Å². The summed E-state index contributed by atoms with van der Waals surface area (Å²) >= 11 is 0. The molecule has 0 aliphatic rings. The summed E-state index contributed by atoms with van der Waals surface area (Å²) in [4.78, 5) is 2.41. The zero-order valence-corrected chi connectivity index (χ0v) is 28.2. The van der Waals surface area contributed by atoms with Gasteiger partial charge in [-0.25, -0.2) is 0 Å². The van der Waals surface area contributed by atoms with E-state index in [1.807, 2.05) is 0 Å². The van der Waals surface area contributed by atoms with Crippen LogP contribution in [0.2, 0.25) is 0 Å². The van der Waals surface area contributed by atoms with Crippen molar-refractivity contribution >= 4 is 17.1 Å². The first-order valence-corrected chi connectivity index (χ1v) is 17.2. The molecule has 0 aromatic heterocycles. The van der Waals surface area contributed by atoms with E-state index in [-0.39, 0.29) is 5.92 Å². The molecule has 0 aliphatic carbocycles. The molecule has 238 valence electrons. The van der Waals surface area contributed by atoms with Gasteiger partial charge in [-0.15, -0.1) is 0 Å². The minimum absolute atomic E-state index is 0.157. The molecule has 0 atom stereocenters. The molecule has 0 fully saturated rings. The molecule has 46 heavy (non-hydrogen) atoms. The van der Waals surface area contributed by atoms with Crippen LogP contribution >= 0.6 is 0 Å². The number of rotatable bonds is 16. The second-order valence-corrected chi connectivity index (χ2v) is 12.4. The molecule has 2 N–H and O–H groups in total. The summed E-state index contributed by atoms with van der Waals surface area (Å²) in [6, 6.07) is 44.6. The third-order valence-corrected chi connectivity index (χ3v) is 9.14. The summed E-state index contributed by atoms with van der Waals surface area (Å²) < 4.78 is 0. The minimum atomic E-state index is 0.157. The quantitative estimate of drug-likeness (QED) is 0.0861. The van der Waals surface area contributed by atoms with E-state index in [2.05, 4.69) is 165 Å². The highest BCUT2D eigenvalue weighted by molar-refractivity contribution is 5.59. The van der Waals surface area contributed by atoms with Crippen LogP contribution in [0.3, 0.4) is 0 Å². The Morgan fingerprint density at radius 1 is 0.543 bits per heavy atom. The van der Waals surface area contributed by atoms with Gasteiger partial charge in [0.1, 0.15) is 0 Å². The molecular weight excluding hydrogens is 558 g/mol. The SMILES string of the molecule is CCN(CC)c1ccc(C(c2ccc(NCCCc3ccccc3)cc2C)c2ccc(NCCCc3ccccc3)cc2C)cc1. The molecule has 0 radical (unpaired) electrons. The van der Waals surface area contributed by atoms with Gasteiger partial charge in [0, 0.05) is 49.2 Å². The predicted molar refractivity (Wildman–Crippen MR) is 200 cm³/mol. The maximum Gasteiger partial charge on any atom is 0.0366 e. The molecule has 0 spiro atoms. The zero-order valence-electron chi connectivity index (χ0n) is 28.2. The smallest absolute Gasteiger partial charge is 0.0366 e. The van der Waals surface area contributed by atoms with Crippen molar-refractivity contribution in [1.29, 1.82) is 0 Å². The monoisotopic (exact) mass is 609 g/mol. The van der Waals surface area contributed by atoms with Crippen LogP contribution in [0.5, 0.6) is 0 Å². The highest BCUT2D eigenvalue weighted by atomic mass is 15.1. The number of nitrogens with one attached hydrogen (secondary N) is 2. The molecule has 0 heterocycles. The second kappa shape index (κ2) is 16.7. The van der Waals surface area contributed by atoms with Crippen LogP contribution in [0, 0.1) is 13.8 Å². The molecule has 5 aromatic carbocycles. The van der Waals surface area contributed by atoms with Crippen LogP contribution in [-0.2, 0) is 12.8 Å². The lowest BCUT2D eigenvalue weighted by Crippen LogP contribution is -2.21. The molecule has 5 rings (SSSR count). The van der Waals surface area contributed by atoms with Gasteiger partial charge in [0.2, 0.25) is 0 Å². The van der Waals surface area contributed by atoms with Gasteiger partial charge in [-0.3, -0.25) is 0 Å². The maximum atomic E-state index is 3.67. The Balaban J connectivity index is 1.34. The van der Waals surface area contributed by atoms with Crippen molar-refractivity contribution < 1.29 is 0 Å². The van der Waals surface area contributed by atoms with Crippen molar-refractivity contribution in [2.45, 2.75) is 59.3 Å². The summed E-state index contributed by atoms with van der Waals surface area (Å²) in [6.45, 7) is 12.9. The van der Waals surface area contributed by atoms with E-state index in [0.717, 1.165) is 51.9 Å². The van der Waals surface area contributed by atoms with Crippen LogP contribution in [0.15, 0.2) is 121 Å². The molecule has 0 saturated heterocycles. The summed E-state index contributed by atoms with van der Waals surface area (Å²) in [5.41, 5.74) is 13.1. The average molecular weight is 610 g/mol. The summed E-state index contributed by atoms with van der Waals surface area (Å²) in [7, 11) is 0. The number of hydrogen-bond acceptors (Lipinski definition) is 3. The number of nitrogens with zero attached hydrogens (tertiary/aromatic N) is 1. The van der Waals surface area contributed by atoms with Crippen molar-refractivity contribution in [1.82, 2.24) is 0 Å². The maximum absolute atomic E-state index is 3.67. The number of aryl methyl sites for hydroxylation is 4. The highest BCUT2D eigenvalue weighted by Crippen LogP contribution is 2.38.